The number of carbonyl (C=O) groups is 2. The zero-order valence-corrected chi connectivity index (χ0v) is 8.98. The Morgan fingerprint density at radius 1 is 1.53 bits per heavy atom. The predicted octanol–water partition coefficient (Wildman–Crippen LogP) is -0.0956. The van der Waals surface area contributed by atoms with Crippen molar-refractivity contribution < 1.29 is 14.7 Å². The number of hydrogen-bond donors (Lipinski definition) is 2. The molecule has 0 spiro atoms. The van der Waals surface area contributed by atoms with Crippen LogP contribution in [0.4, 0.5) is 0 Å². The topological polar surface area (TPSA) is 83.6 Å². The number of carboxylic acids is 1. The van der Waals surface area contributed by atoms with E-state index in [1.54, 1.807) is 4.90 Å². The van der Waals surface area contributed by atoms with E-state index in [1.165, 1.54) is 0 Å². The lowest BCUT2D eigenvalue weighted by Gasteiger charge is -2.39. The van der Waals surface area contributed by atoms with Gasteiger partial charge in [-0.15, -0.1) is 0 Å². The normalized spacial score (nSPS) is 18.4. The minimum atomic E-state index is -0.789. The number of aliphatic carboxylic acids is 1. The fourth-order valence-corrected chi connectivity index (χ4v) is 1.66. The fraction of sp³-hybridized carbons (Fsp3) is 0.800. The average molecular weight is 214 g/mol. The largest absolute Gasteiger partial charge is 0.481 e. The van der Waals surface area contributed by atoms with E-state index in [9.17, 15) is 9.59 Å². The first-order valence-corrected chi connectivity index (χ1v) is 5.22. The van der Waals surface area contributed by atoms with E-state index in [-0.39, 0.29) is 24.2 Å². The lowest BCUT2D eigenvalue weighted by Crippen LogP contribution is -2.51. The molecular weight excluding hydrogens is 196 g/mol. The van der Waals surface area contributed by atoms with Gasteiger partial charge in [0, 0.05) is 25.4 Å². The molecule has 5 nitrogen and oxygen atoms in total. The monoisotopic (exact) mass is 214 g/mol. The van der Waals surface area contributed by atoms with E-state index in [0.717, 1.165) is 0 Å². The van der Waals surface area contributed by atoms with Gasteiger partial charge in [0.25, 0.3) is 0 Å². The highest BCUT2D eigenvalue weighted by atomic mass is 16.4. The van der Waals surface area contributed by atoms with Crippen LogP contribution in [0.3, 0.4) is 0 Å². The number of amides is 1. The van der Waals surface area contributed by atoms with Crippen molar-refractivity contribution in [2.75, 3.05) is 19.6 Å². The molecule has 1 unspecified atom stereocenters. The van der Waals surface area contributed by atoms with Crippen LogP contribution in [0.2, 0.25) is 0 Å². The molecule has 0 aliphatic carbocycles. The third-order valence-corrected chi connectivity index (χ3v) is 2.70. The van der Waals surface area contributed by atoms with Gasteiger partial charge in [0.2, 0.25) is 5.91 Å². The van der Waals surface area contributed by atoms with Gasteiger partial charge in [-0.3, -0.25) is 9.59 Å². The van der Waals surface area contributed by atoms with E-state index >= 15 is 0 Å². The maximum atomic E-state index is 11.5. The molecule has 0 aromatic heterocycles. The van der Waals surface area contributed by atoms with Crippen molar-refractivity contribution in [1.29, 1.82) is 0 Å². The minimum Gasteiger partial charge on any atom is -0.481 e. The molecule has 15 heavy (non-hydrogen) atoms. The van der Waals surface area contributed by atoms with E-state index in [0.29, 0.717) is 26.1 Å². The van der Waals surface area contributed by atoms with Crippen LogP contribution in [0.15, 0.2) is 0 Å². The van der Waals surface area contributed by atoms with E-state index < -0.39 is 5.97 Å². The molecule has 5 heteroatoms. The van der Waals surface area contributed by atoms with Gasteiger partial charge in [-0.25, -0.2) is 0 Å². The molecule has 0 aromatic rings. The Morgan fingerprint density at radius 3 is 2.60 bits per heavy atom. The summed E-state index contributed by atoms with van der Waals surface area (Å²) in [5.74, 6) is -0.354. The van der Waals surface area contributed by atoms with Gasteiger partial charge in [0.05, 0.1) is 6.42 Å². The molecule has 1 amide bonds. The molecule has 1 saturated heterocycles. The van der Waals surface area contributed by atoms with Crippen molar-refractivity contribution in [2.45, 2.75) is 19.8 Å². The third-order valence-electron chi connectivity index (χ3n) is 2.70. The first-order valence-electron chi connectivity index (χ1n) is 5.22. The predicted molar refractivity (Wildman–Crippen MR) is 55.2 cm³/mol. The molecule has 0 radical (unpaired) electrons. The smallest absolute Gasteiger partial charge is 0.303 e. The summed E-state index contributed by atoms with van der Waals surface area (Å²) in [6.45, 7) is 3.62. The summed E-state index contributed by atoms with van der Waals surface area (Å²) < 4.78 is 0. The highest BCUT2D eigenvalue weighted by Gasteiger charge is 2.31. The van der Waals surface area contributed by atoms with Crippen LogP contribution in [-0.2, 0) is 9.59 Å². The zero-order valence-electron chi connectivity index (χ0n) is 8.98. The van der Waals surface area contributed by atoms with E-state index in [2.05, 4.69) is 0 Å². The number of nitrogens with two attached hydrogens (primary N) is 1. The zero-order chi connectivity index (χ0) is 11.4. The van der Waals surface area contributed by atoms with Crippen LogP contribution < -0.4 is 5.73 Å². The van der Waals surface area contributed by atoms with Gasteiger partial charge in [-0.05, 0) is 12.5 Å². The summed E-state index contributed by atoms with van der Waals surface area (Å²) in [7, 11) is 0. The highest BCUT2D eigenvalue weighted by molar-refractivity contribution is 5.77. The van der Waals surface area contributed by atoms with Crippen molar-refractivity contribution in [3.05, 3.63) is 0 Å². The number of hydrogen-bond acceptors (Lipinski definition) is 3. The van der Waals surface area contributed by atoms with Crippen molar-refractivity contribution in [2.24, 2.45) is 17.6 Å². The van der Waals surface area contributed by atoms with Crippen LogP contribution in [0.1, 0.15) is 19.8 Å². The van der Waals surface area contributed by atoms with Crippen LogP contribution >= 0.6 is 0 Å². The van der Waals surface area contributed by atoms with Crippen LogP contribution in [0.25, 0.3) is 0 Å². The molecule has 3 N–H and O–H groups in total. The number of nitrogens with zero attached hydrogens (tertiary/aromatic N) is 1. The lowest BCUT2D eigenvalue weighted by atomic mass is 9.95. The quantitative estimate of drug-likeness (QED) is 0.669. The Balaban J connectivity index is 2.20. The average Bonchev–Trinajstić information content (AvgIpc) is 2.09. The van der Waals surface area contributed by atoms with Gasteiger partial charge < -0.3 is 15.7 Å². The van der Waals surface area contributed by atoms with Gasteiger partial charge in [0.15, 0.2) is 0 Å². The second kappa shape index (κ2) is 5.11. The Kier molecular flexibility index (Phi) is 4.08. The molecule has 86 valence electrons. The number of carboxylic acid groups (broad SMARTS) is 1. The van der Waals surface area contributed by atoms with Crippen LogP contribution in [0.5, 0.6) is 0 Å². The fourth-order valence-electron chi connectivity index (χ4n) is 1.66. The van der Waals surface area contributed by atoms with Crippen molar-refractivity contribution >= 4 is 11.9 Å². The number of rotatable bonds is 5. The Labute approximate surface area is 89.2 Å². The number of carbonyl (C=O) groups excluding carboxylic acids is 1. The Morgan fingerprint density at radius 2 is 2.13 bits per heavy atom. The first kappa shape index (κ1) is 12.0. The summed E-state index contributed by atoms with van der Waals surface area (Å²) in [4.78, 5) is 23.6. The summed E-state index contributed by atoms with van der Waals surface area (Å²) >= 11 is 0. The van der Waals surface area contributed by atoms with Crippen molar-refractivity contribution in [3.8, 4) is 0 Å². The maximum Gasteiger partial charge on any atom is 0.303 e. The molecule has 0 saturated carbocycles. The summed E-state index contributed by atoms with van der Waals surface area (Å²) in [5.41, 5.74) is 5.42. The van der Waals surface area contributed by atoms with Gasteiger partial charge >= 0.3 is 5.97 Å². The SMILES string of the molecule is CC(CN)CC(=O)N1CC(CC(=O)O)C1. The van der Waals surface area contributed by atoms with Crippen molar-refractivity contribution in [3.63, 3.8) is 0 Å². The summed E-state index contributed by atoms with van der Waals surface area (Å²) in [6.07, 6.45) is 0.631. The highest BCUT2D eigenvalue weighted by Crippen LogP contribution is 2.20. The molecule has 1 aliphatic rings. The Bertz CT molecular complexity index is 249. The molecule has 1 atom stereocenters. The summed E-state index contributed by atoms with van der Waals surface area (Å²) in [6, 6.07) is 0. The molecule has 1 rings (SSSR count). The molecule has 1 fully saturated rings. The molecule has 1 heterocycles. The number of likely N-dealkylation sites (tertiary alicyclic amines) is 1. The van der Waals surface area contributed by atoms with Crippen LogP contribution in [-0.4, -0.2) is 41.5 Å². The minimum absolute atomic E-state index is 0.0922. The molecule has 0 bridgehead atoms. The second-order valence-corrected chi connectivity index (χ2v) is 4.31. The van der Waals surface area contributed by atoms with E-state index in [4.69, 9.17) is 10.8 Å². The Hall–Kier alpha value is -1.10. The molecule has 1 aliphatic heterocycles. The molecular formula is C10H18N2O3. The van der Waals surface area contributed by atoms with Crippen LogP contribution in [0, 0.1) is 11.8 Å². The standard InChI is InChI=1S/C10H18N2O3/c1-7(4-11)2-9(13)12-5-8(6-12)3-10(14)15/h7-8H,2-6,11H2,1H3,(H,14,15). The van der Waals surface area contributed by atoms with E-state index in [1.807, 2.05) is 6.92 Å². The first-order chi connectivity index (χ1) is 7.02. The molecule has 0 aromatic carbocycles. The second-order valence-electron chi connectivity index (χ2n) is 4.31. The maximum absolute atomic E-state index is 11.5. The van der Waals surface area contributed by atoms with Gasteiger partial charge in [0.1, 0.15) is 0 Å². The third kappa shape index (κ3) is 3.51. The summed E-state index contributed by atoms with van der Waals surface area (Å²) in [5, 5.41) is 8.54. The van der Waals surface area contributed by atoms with Gasteiger partial charge in [-0.1, -0.05) is 6.92 Å². The van der Waals surface area contributed by atoms with Gasteiger partial charge in [-0.2, -0.15) is 0 Å². The lowest BCUT2D eigenvalue weighted by molar-refractivity contribution is -0.145. The van der Waals surface area contributed by atoms with Crippen molar-refractivity contribution in [1.82, 2.24) is 4.90 Å².